The van der Waals surface area contributed by atoms with Crippen molar-refractivity contribution in [3.8, 4) is 0 Å². The summed E-state index contributed by atoms with van der Waals surface area (Å²) >= 11 is 7.59. The zero-order chi connectivity index (χ0) is 14.6. The fourth-order valence-corrected chi connectivity index (χ4v) is 3.15. The molecule has 0 aromatic carbocycles. The second-order valence-corrected chi connectivity index (χ2v) is 6.75. The summed E-state index contributed by atoms with van der Waals surface area (Å²) in [5, 5.41) is 19.7. The molecule has 9 heteroatoms. The van der Waals surface area contributed by atoms with Crippen LogP contribution in [0.1, 0.15) is 22.5 Å². The number of hydrogen-bond donors (Lipinski definition) is 3. The third-order valence-electron chi connectivity index (χ3n) is 2.12. The van der Waals surface area contributed by atoms with Gasteiger partial charge in [-0.3, -0.25) is 9.59 Å². The Hall–Kier alpha value is -0.930. The molecule has 0 aliphatic heterocycles. The van der Waals surface area contributed by atoms with Crippen LogP contribution < -0.4 is 5.32 Å². The van der Waals surface area contributed by atoms with Crippen LogP contribution in [0, 0.1) is 0 Å². The van der Waals surface area contributed by atoms with Gasteiger partial charge >= 0.3 is 11.9 Å². The molecule has 1 aromatic heterocycles. The Labute approximate surface area is 129 Å². The largest absolute Gasteiger partial charge is 0.481 e. The average Bonchev–Trinajstić information content (AvgIpc) is 2.64. The minimum atomic E-state index is -1.26. The number of carbonyl (C=O) groups is 3. The molecule has 1 rings (SSSR count). The first-order valence-corrected chi connectivity index (χ1v) is 7.41. The second kappa shape index (κ2) is 7.01. The van der Waals surface area contributed by atoms with Gasteiger partial charge in [-0.05, 0) is 44.3 Å². The zero-order valence-corrected chi connectivity index (χ0v) is 13.3. The number of hydrogen-bond acceptors (Lipinski definition) is 4. The Morgan fingerprint density at radius 1 is 1.32 bits per heavy atom. The van der Waals surface area contributed by atoms with E-state index in [1.54, 1.807) is 6.07 Å². The lowest BCUT2D eigenvalue weighted by Crippen LogP contribution is -2.40. The van der Waals surface area contributed by atoms with E-state index in [0.29, 0.717) is 9.35 Å². The first-order chi connectivity index (χ1) is 8.81. The Kier molecular flexibility index (Phi) is 5.95. The van der Waals surface area contributed by atoms with E-state index in [0.717, 1.165) is 15.1 Å². The third-order valence-corrected chi connectivity index (χ3v) is 5.37. The summed E-state index contributed by atoms with van der Waals surface area (Å²) in [4.78, 5) is 33.5. The van der Waals surface area contributed by atoms with Crippen LogP contribution in [-0.4, -0.2) is 34.1 Å². The number of carboxylic acids is 2. The topological polar surface area (TPSA) is 104 Å². The highest BCUT2D eigenvalue weighted by molar-refractivity contribution is 9.13. The summed E-state index contributed by atoms with van der Waals surface area (Å²) in [5.74, 6) is -2.92. The molecule has 0 aliphatic carbocycles. The fourth-order valence-electron chi connectivity index (χ4n) is 1.21. The van der Waals surface area contributed by atoms with Crippen LogP contribution in [0.2, 0.25) is 0 Å². The SMILES string of the molecule is O=C(O)CC[C@H](NC(=O)c1cc(Br)c(Br)s1)C(=O)O. The van der Waals surface area contributed by atoms with Crippen LogP contribution in [0.5, 0.6) is 0 Å². The predicted octanol–water partition coefficient (Wildman–Crippen LogP) is 2.32. The van der Waals surface area contributed by atoms with E-state index in [1.807, 2.05) is 0 Å². The van der Waals surface area contributed by atoms with E-state index >= 15 is 0 Å². The number of rotatable bonds is 6. The Morgan fingerprint density at radius 2 is 1.95 bits per heavy atom. The smallest absolute Gasteiger partial charge is 0.326 e. The maximum atomic E-state index is 11.8. The van der Waals surface area contributed by atoms with Gasteiger partial charge in [-0.25, -0.2) is 4.79 Å². The molecule has 1 amide bonds. The van der Waals surface area contributed by atoms with E-state index in [2.05, 4.69) is 37.2 Å². The van der Waals surface area contributed by atoms with Crippen molar-refractivity contribution in [3.05, 3.63) is 19.2 Å². The number of carboxylic acid groups (broad SMARTS) is 2. The minimum absolute atomic E-state index is 0.163. The van der Waals surface area contributed by atoms with Gasteiger partial charge in [-0.15, -0.1) is 11.3 Å². The van der Waals surface area contributed by atoms with E-state index < -0.39 is 23.9 Å². The molecule has 0 aliphatic rings. The third kappa shape index (κ3) is 4.92. The summed E-state index contributed by atoms with van der Waals surface area (Å²) in [6, 6.07) is 0.337. The number of halogens is 2. The van der Waals surface area contributed by atoms with Crippen LogP contribution >= 0.6 is 43.2 Å². The van der Waals surface area contributed by atoms with Crippen molar-refractivity contribution in [2.45, 2.75) is 18.9 Å². The Balaban J connectivity index is 2.71. The monoisotopic (exact) mass is 413 g/mol. The Bertz CT molecular complexity index is 497. The van der Waals surface area contributed by atoms with Crippen molar-refractivity contribution in [1.82, 2.24) is 5.32 Å². The van der Waals surface area contributed by atoms with Gasteiger partial charge in [0.05, 0.1) is 8.66 Å². The molecule has 1 heterocycles. The normalized spacial score (nSPS) is 11.9. The van der Waals surface area contributed by atoms with E-state index in [4.69, 9.17) is 10.2 Å². The van der Waals surface area contributed by atoms with Crippen molar-refractivity contribution in [3.63, 3.8) is 0 Å². The lowest BCUT2D eigenvalue weighted by Gasteiger charge is -2.12. The van der Waals surface area contributed by atoms with Gasteiger partial charge in [-0.1, -0.05) is 0 Å². The quantitative estimate of drug-likeness (QED) is 0.662. The maximum absolute atomic E-state index is 11.8. The highest BCUT2D eigenvalue weighted by Crippen LogP contribution is 2.32. The summed E-state index contributed by atoms with van der Waals surface area (Å²) < 4.78 is 1.41. The molecule has 19 heavy (non-hydrogen) atoms. The van der Waals surface area contributed by atoms with Gasteiger partial charge in [0.15, 0.2) is 0 Å². The highest BCUT2D eigenvalue weighted by Gasteiger charge is 2.22. The molecule has 1 aromatic rings. The van der Waals surface area contributed by atoms with Crippen molar-refractivity contribution in [2.24, 2.45) is 0 Å². The molecule has 0 radical (unpaired) electrons. The van der Waals surface area contributed by atoms with Crippen molar-refractivity contribution in [2.75, 3.05) is 0 Å². The van der Waals surface area contributed by atoms with Crippen LogP contribution in [-0.2, 0) is 9.59 Å². The van der Waals surface area contributed by atoms with E-state index in [9.17, 15) is 14.4 Å². The number of thiophene rings is 1. The van der Waals surface area contributed by atoms with Crippen LogP contribution in [0.25, 0.3) is 0 Å². The van der Waals surface area contributed by atoms with Gasteiger partial charge in [0, 0.05) is 10.9 Å². The molecule has 104 valence electrons. The molecule has 0 bridgehead atoms. The van der Waals surface area contributed by atoms with Gasteiger partial charge in [-0.2, -0.15) is 0 Å². The molecule has 6 nitrogen and oxygen atoms in total. The van der Waals surface area contributed by atoms with Crippen LogP contribution in [0.15, 0.2) is 14.3 Å². The standard InChI is InChI=1S/C10H9Br2NO5S/c11-4-3-6(19-8(4)12)9(16)13-5(10(17)18)1-2-7(14)15/h3,5H,1-2H2,(H,13,16)(H,14,15)(H,17,18)/t5-/m0/s1. The second-order valence-electron chi connectivity index (χ2n) is 3.53. The molecule has 0 unspecified atom stereocenters. The number of carbonyl (C=O) groups excluding carboxylic acids is 1. The molecule has 3 N–H and O–H groups in total. The summed E-state index contributed by atoms with van der Waals surface area (Å²) in [5.41, 5.74) is 0. The number of aliphatic carboxylic acids is 2. The first kappa shape index (κ1) is 16.1. The lowest BCUT2D eigenvalue weighted by molar-refractivity contribution is -0.140. The van der Waals surface area contributed by atoms with Gasteiger partial charge in [0.25, 0.3) is 5.91 Å². The highest BCUT2D eigenvalue weighted by atomic mass is 79.9. The summed E-state index contributed by atoms with van der Waals surface area (Å²) in [6.45, 7) is 0. The van der Waals surface area contributed by atoms with Crippen LogP contribution in [0.4, 0.5) is 0 Å². The lowest BCUT2D eigenvalue weighted by atomic mass is 10.1. The van der Waals surface area contributed by atoms with E-state index in [-0.39, 0.29) is 12.8 Å². The Morgan fingerprint density at radius 3 is 2.37 bits per heavy atom. The molecule has 0 spiro atoms. The van der Waals surface area contributed by atoms with Gasteiger partial charge in [0.1, 0.15) is 6.04 Å². The zero-order valence-electron chi connectivity index (χ0n) is 9.35. The van der Waals surface area contributed by atoms with Crippen molar-refractivity contribution < 1.29 is 24.6 Å². The summed E-state index contributed by atoms with van der Waals surface area (Å²) in [6.07, 6.45) is -0.487. The van der Waals surface area contributed by atoms with Crippen molar-refractivity contribution in [1.29, 1.82) is 0 Å². The fraction of sp³-hybridized carbons (Fsp3) is 0.300. The summed E-state index contributed by atoms with van der Waals surface area (Å²) in [7, 11) is 0. The van der Waals surface area contributed by atoms with Gasteiger partial charge < -0.3 is 15.5 Å². The average molecular weight is 415 g/mol. The molecule has 0 saturated carbocycles. The number of amides is 1. The molecule has 0 fully saturated rings. The van der Waals surface area contributed by atoms with Crippen molar-refractivity contribution >= 4 is 61.0 Å². The molecule has 0 saturated heterocycles. The van der Waals surface area contributed by atoms with Crippen LogP contribution in [0.3, 0.4) is 0 Å². The van der Waals surface area contributed by atoms with Gasteiger partial charge in [0.2, 0.25) is 0 Å². The van der Waals surface area contributed by atoms with E-state index in [1.165, 1.54) is 0 Å². The first-order valence-electron chi connectivity index (χ1n) is 5.01. The maximum Gasteiger partial charge on any atom is 0.326 e. The molecule has 1 atom stereocenters. The molecular weight excluding hydrogens is 406 g/mol. The predicted molar refractivity (Wildman–Crippen MR) is 75.5 cm³/mol. The molecular formula is C10H9Br2NO5S. The number of nitrogens with one attached hydrogen (secondary N) is 1. The minimum Gasteiger partial charge on any atom is -0.481 e.